The van der Waals surface area contributed by atoms with E-state index in [0.717, 1.165) is 17.7 Å². The Labute approximate surface area is 138 Å². The van der Waals surface area contributed by atoms with Crippen LogP contribution in [0.25, 0.3) is 0 Å². The van der Waals surface area contributed by atoms with E-state index in [1.54, 1.807) is 0 Å². The smallest absolute Gasteiger partial charge is 0.0649 e. The van der Waals surface area contributed by atoms with Crippen LogP contribution in [-0.4, -0.2) is 36.8 Å². The Bertz CT molecular complexity index is 426. The van der Waals surface area contributed by atoms with Crippen molar-refractivity contribution in [3.63, 3.8) is 0 Å². The molecule has 0 aromatic carbocycles. The summed E-state index contributed by atoms with van der Waals surface area (Å²) in [6.45, 7) is 8.09. The van der Waals surface area contributed by atoms with Gasteiger partial charge in [-0.15, -0.1) is 23.1 Å². The second-order valence-corrected chi connectivity index (χ2v) is 9.02. The van der Waals surface area contributed by atoms with E-state index in [1.807, 2.05) is 23.1 Å². The van der Waals surface area contributed by atoms with E-state index < -0.39 is 0 Å². The molecule has 1 aliphatic heterocycles. The van der Waals surface area contributed by atoms with Crippen LogP contribution in [0.15, 0.2) is 15.7 Å². The van der Waals surface area contributed by atoms with Crippen LogP contribution in [0.3, 0.4) is 0 Å². The van der Waals surface area contributed by atoms with Crippen molar-refractivity contribution in [3.8, 4) is 0 Å². The zero-order valence-electron chi connectivity index (χ0n) is 14.1. The summed E-state index contributed by atoms with van der Waals surface area (Å²) >= 11 is 3.95. The highest BCUT2D eigenvalue weighted by atomic mass is 32.2. The first-order chi connectivity index (χ1) is 10.1. The van der Waals surface area contributed by atoms with Gasteiger partial charge in [0, 0.05) is 23.9 Å². The zero-order chi connectivity index (χ0) is 15.4. The number of nitrogens with one attached hydrogen (secondary N) is 1. The average Bonchev–Trinajstić information content (AvgIpc) is 2.90. The molecule has 1 aliphatic rings. The van der Waals surface area contributed by atoms with E-state index in [4.69, 9.17) is 0 Å². The molecule has 2 rings (SSSR count). The number of fused-ring (bicyclic) bond motifs is 1. The molecule has 0 fully saturated rings. The predicted octanol–water partition coefficient (Wildman–Crippen LogP) is 4.63. The lowest BCUT2D eigenvalue weighted by molar-refractivity contribution is 0.188. The lowest BCUT2D eigenvalue weighted by Crippen LogP contribution is -2.44. The van der Waals surface area contributed by atoms with Crippen molar-refractivity contribution in [2.45, 2.75) is 61.6 Å². The molecule has 21 heavy (non-hydrogen) atoms. The Morgan fingerprint density at radius 2 is 2.05 bits per heavy atom. The maximum atomic E-state index is 3.88. The van der Waals surface area contributed by atoms with Gasteiger partial charge in [0.05, 0.1) is 4.21 Å². The van der Waals surface area contributed by atoms with Gasteiger partial charge in [-0.3, -0.25) is 0 Å². The predicted molar refractivity (Wildman–Crippen MR) is 96.5 cm³/mol. The summed E-state index contributed by atoms with van der Waals surface area (Å²) < 4.78 is 1.52. The van der Waals surface area contributed by atoms with E-state index in [2.05, 4.69) is 56.5 Å². The van der Waals surface area contributed by atoms with Crippen molar-refractivity contribution in [2.75, 3.05) is 20.6 Å². The molecule has 1 aromatic heterocycles. The molecule has 0 saturated heterocycles. The molecule has 2 heterocycles. The van der Waals surface area contributed by atoms with Gasteiger partial charge in [0.25, 0.3) is 0 Å². The number of rotatable bonds is 7. The molecule has 120 valence electrons. The normalized spacial score (nSPS) is 23.6. The van der Waals surface area contributed by atoms with Crippen LogP contribution in [0, 0.1) is 5.92 Å². The van der Waals surface area contributed by atoms with Crippen LogP contribution in [-0.2, 0) is 0 Å². The number of hydrogen-bond acceptors (Lipinski definition) is 4. The van der Waals surface area contributed by atoms with Crippen molar-refractivity contribution >= 4 is 23.1 Å². The van der Waals surface area contributed by atoms with Crippen molar-refractivity contribution in [1.29, 1.82) is 0 Å². The molecule has 0 amide bonds. The van der Waals surface area contributed by atoms with Crippen LogP contribution in [0.2, 0.25) is 0 Å². The first-order valence-corrected chi connectivity index (χ1v) is 9.96. The third kappa shape index (κ3) is 4.25. The second kappa shape index (κ2) is 8.00. The standard InChI is InChI=1S/C17H30N2S2/c1-6-13(7-2)16(19(4)5)11-18-15-10-12(3)21-17-14(15)8-9-20-17/h8-9,12-13,15-16,18H,6-7,10-11H2,1-5H3/t12-,15?,16?/m0/s1. The maximum absolute atomic E-state index is 3.88. The molecule has 0 radical (unpaired) electrons. The van der Waals surface area contributed by atoms with E-state index in [0.29, 0.717) is 12.1 Å². The number of thiophene rings is 1. The molecule has 0 saturated carbocycles. The fraction of sp³-hybridized carbons (Fsp3) is 0.765. The number of thioether (sulfide) groups is 1. The van der Waals surface area contributed by atoms with Gasteiger partial charge in [0.1, 0.15) is 0 Å². The van der Waals surface area contributed by atoms with Crippen LogP contribution < -0.4 is 5.32 Å². The second-order valence-electron chi connectivity index (χ2n) is 6.40. The molecule has 4 heteroatoms. The van der Waals surface area contributed by atoms with Crippen molar-refractivity contribution in [1.82, 2.24) is 10.2 Å². The molecular formula is C17H30N2S2. The van der Waals surface area contributed by atoms with E-state index in [-0.39, 0.29) is 0 Å². The lowest BCUT2D eigenvalue weighted by atomic mass is 9.92. The van der Waals surface area contributed by atoms with Gasteiger partial charge in [-0.05, 0) is 43.4 Å². The van der Waals surface area contributed by atoms with Gasteiger partial charge >= 0.3 is 0 Å². The first kappa shape index (κ1) is 17.3. The molecule has 3 atom stereocenters. The minimum atomic E-state index is 0.541. The fourth-order valence-corrected chi connectivity index (χ4v) is 5.98. The highest BCUT2D eigenvalue weighted by Gasteiger charge is 2.28. The van der Waals surface area contributed by atoms with E-state index in [9.17, 15) is 0 Å². The highest BCUT2D eigenvalue weighted by molar-refractivity contribution is 8.01. The van der Waals surface area contributed by atoms with Crippen LogP contribution >= 0.6 is 23.1 Å². The molecule has 1 aromatic rings. The third-order valence-corrected chi connectivity index (χ3v) is 7.08. The topological polar surface area (TPSA) is 15.3 Å². The summed E-state index contributed by atoms with van der Waals surface area (Å²) in [6, 6.07) is 3.49. The first-order valence-electron chi connectivity index (χ1n) is 8.20. The Morgan fingerprint density at radius 3 is 2.67 bits per heavy atom. The third-order valence-electron chi connectivity index (χ3n) is 4.74. The average molecular weight is 327 g/mol. The summed E-state index contributed by atoms with van der Waals surface area (Å²) in [5, 5.41) is 6.84. The molecule has 0 bridgehead atoms. The number of likely N-dealkylation sites (N-methyl/N-ethyl adjacent to an activating group) is 1. The van der Waals surface area contributed by atoms with E-state index in [1.165, 1.54) is 29.0 Å². The van der Waals surface area contributed by atoms with Gasteiger partial charge in [0.2, 0.25) is 0 Å². The number of nitrogens with zero attached hydrogens (tertiary/aromatic N) is 1. The molecule has 2 nitrogen and oxygen atoms in total. The molecule has 0 spiro atoms. The van der Waals surface area contributed by atoms with Gasteiger partial charge in [-0.2, -0.15) is 0 Å². The van der Waals surface area contributed by atoms with Crippen LogP contribution in [0.1, 0.15) is 51.6 Å². The quantitative estimate of drug-likeness (QED) is 0.786. The van der Waals surface area contributed by atoms with Gasteiger partial charge < -0.3 is 10.2 Å². The summed E-state index contributed by atoms with van der Waals surface area (Å²) in [4.78, 5) is 2.40. The zero-order valence-corrected chi connectivity index (χ0v) is 15.7. The summed E-state index contributed by atoms with van der Waals surface area (Å²) in [6.07, 6.45) is 3.78. The molecule has 2 unspecified atom stereocenters. The minimum Gasteiger partial charge on any atom is -0.308 e. The van der Waals surface area contributed by atoms with Gasteiger partial charge in [0.15, 0.2) is 0 Å². The summed E-state index contributed by atoms with van der Waals surface area (Å²) in [5.41, 5.74) is 1.53. The van der Waals surface area contributed by atoms with Crippen molar-refractivity contribution in [2.24, 2.45) is 5.92 Å². The minimum absolute atomic E-state index is 0.541. The Hall–Kier alpha value is -0.0300. The largest absolute Gasteiger partial charge is 0.308 e. The number of hydrogen-bond donors (Lipinski definition) is 1. The summed E-state index contributed by atoms with van der Waals surface area (Å²) in [7, 11) is 4.44. The van der Waals surface area contributed by atoms with Gasteiger partial charge in [-0.1, -0.05) is 33.6 Å². The van der Waals surface area contributed by atoms with E-state index >= 15 is 0 Å². The summed E-state index contributed by atoms with van der Waals surface area (Å²) in [5.74, 6) is 0.782. The monoisotopic (exact) mass is 326 g/mol. The maximum Gasteiger partial charge on any atom is 0.0649 e. The van der Waals surface area contributed by atoms with Crippen molar-refractivity contribution < 1.29 is 0 Å². The Morgan fingerprint density at radius 1 is 1.33 bits per heavy atom. The molecule has 1 N–H and O–H groups in total. The van der Waals surface area contributed by atoms with Crippen LogP contribution in [0.5, 0.6) is 0 Å². The SMILES string of the molecule is CCC(CC)C(CNC1C[C@H](C)Sc2sccc21)N(C)C. The Balaban J connectivity index is 2.01. The fourth-order valence-electron chi connectivity index (χ4n) is 3.41. The lowest BCUT2D eigenvalue weighted by Gasteiger charge is -2.35. The van der Waals surface area contributed by atoms with Gasteiger partial charge in [-0.25, -0.2) is 0 Å². The Kier molecular flexibility index (Phi) is 6.60. The van der Waals surface area contributed by atoms with Crippen LogP contribution in [0.4, 0.5) is 0 Å². The molecule has 0 aliphatic carbocycles. The molecular weight excluding hydrogens is 296 g/mol. The van der Waals surface area contributed by atoms with Crippen molar-refractivity contribution in [3.05, 3.63) is 17.0 Å². The highest BCUT2D eigenvalue weighted by Crippen LogP contribution is 2.43.